The van der Waals surface area contributed by atoms with Gasteiger partial charge in [0.05, 0.1) is 19.3 Å². The molecule has 2 aliphatic heterocycles. The lowest BCUT2D eigenvalue weighted by atomic mass is 9.95. The SMILES string of the molecule is C[C@@H]1O[C@@H](CO)[C@@H](O)[C@H](O)[C@@H]1O[C@H]1O[C@H](CO)[C@@H](O)[C@H](O)[C@@H]1OC(=O)N(C)C. The lowest BCUT2D eigenvalue weighted by Crippen LogP contribution is -2.64. The van der Waals surface area contributed by atoms with Crippen molar-refractivity contribution in [1.29, 1.82) is 0 Å². The molecule has 0 saturated carbocycles. The van der Waals surface area contributed by atoms with Gasteiger partial charge in [-0.2, -0.15) is 0 Å². The summed E-state index contributed by atoms with van der Waals surface area (Å²) < 4.78 is 21.6. The molecular weight excluding hydrogens is 382 g/mol. The van der Waals surface area contributed by atoms with Crippen LogP contribution in [-0.4, -0.2) is 130 Å². The van der Waals surface area contributed by atoms with Gasteiger partial charge in [0.15, 0.2) is 12.4 Å². The standard InChI is InChI=1S/C16H29NO11/c1-6-13(11(22)9(20)7(4-18)25-6)27-15-14(28-16(24)17(2)3)12(23)10(21)8(5-19)26-15/h6-15,18-23H,4-5H2,1-3H3/t6-,7-,8+,9+,10+,11-,12-,13+,14-,15+/m0/s1. The van der Waals surface area contributed by atoms with Crippen LogP contribution in [0.3, 0.4) is 0 Å². The number of amides is 1. The van der Waals surface area contributed by atoms with Crippen molar-refractivity contribution in [3.63, 3.8) is 0 Å². The molecule has 2 saturated heterocycles. The number of aliphatic hydroxyl groups excluding tert-OH is 6. The Kier molecular flexibility index (Phi) is 7.96. The minimum absolute atomic E-state index is 0.518. The van der Waals surface area contributed by atoms with Gasteiger partial charge in [0.25, 0.3) is 0 Å². The van der Waals surface area contributed by atoms with E-state index in [1.165, 1.54) is 21.0 Å². The highest BCUT2D eigenvalue weighted by Gasteiger charge is 2.51. The fourth-order valence-corrected chi connectivity index (χ4v) is 3.14. The van der Waals surface area contributed by atoms with E-state index in [-0.39, 0.29) is 0 Å². The van der Waals surface area contributed by atoms with E-state index in [1.54, 1.807) is 0 Å². The fraction of sp³-hybridized carbons (Fsp3) is 0.938. The van der Waals surface area contributed by atoms with Crippen molar-refractivity contribution in [3.8, 4) is 0 Å². The van der Waals surface area contributed by atoms with Gasteiger partial charge in [-0.3, -0.25) is 0 Å². The van der Waals surface area contributed by atoms with Crippen molar-refractivity contribution < 1.29 is 54.4 Å². The number of ether oxygens (including phenoxy) is 4. The molecule has 6 N–H and O–H groups in total. The number of aliphatic hydroxyl groups is 6. The first-order valence-electron chi connectivity index (χ1n) is 8.90. The normalized spacial score (nSPS) is 44.2. The van der Waals surface area contributed by atoms with Crippen LogP contribution in [0.25, 0.3) is 0 Å². The second-order valence-corrected chi connectivity index (χ2v) is 7.09. The number of carbonyl (C=O) groups is 1. The van der Waals surface area contributed by atoms with E-state index in [1.807, 2.05) is 0 Å². The van der Waals surface area contributed by atoms with Crippen LogP contribution in [0.1, 0.15) is 6.92 Å². The van der Waals surface area contributed by atoms with Crippen LogP contribution in [0.15, 0.2) is 0 Å². The van der Waals surface area contributed by atoms with Gasteiger partial charge in [0.2, 0.25) is 0 Å². The molecule has 2 fully saturated rings. The third-order valence-electron chi connectivity index (χ3n) is 4.82. The maximum absolute atomic E-state index is 11.9. The molecule has 0 unspecified atom stereocenters. The first kappa shape index (κ1) is 23.2. The van der Waals surface area contributed by atoms with Crippen LogP contribution < -0.4 is 0 Å². The Labute approximate surface area is 161 Å². The second kappa shape index (κ2) is 9.61. The van der Waals surface area contributed by atoms with E-state index >= 15 is 0 Å². The predicted molar refractivity (Wildman–Crippen MR) is 90.0 cm³/mol. The van der Waals surface area contributed by atoms with Crippen molar-refractivity contribution in [3.05, 3.63) is 0 Å². The Morgan fingerprint density at radius 1 is 0.893 bits per heavy atom. The van der Waals surface area contributed by atoms with Gasteiger partial charge in [-0.15, -0.1) is 0 Å². The maximum atomic E-state index is 11.9. The molecule has 0 aromatic carbocycles. The summed E-state index contributed by atoms with van der Waals surface area (Å²) in [5.41, 5.74) is 0. The van der Waals surface area contributed by atoms with Crippen LogP contribution in [0, 0.1) is 0 Å². The summed E-state index contributed by atoms with van der Waals surface area (Å²) in [6, 6.07) is 0. The number of rotatable bonds is 5. The number of carbonyl (C=O) groups excluding carboxylic acids is 1. The highest BCUT2D eigenvalue weighted by molar-refractivity contribution is 5.67. The van der Waals surface area contributed by atoms with Crippen LogP contribution in [0.2, 0.25) is 0 Å². The average Bonchev–Trinajstić information content (AvgIpc) is 2.66. The Morgan fingerprint density at radius 3 is 1.89 bits per heavy atom. The summed E-state index contributed by atoms with van der Waals surface area (Å²) in [4.78, 5) is 13.0. The Bertz CT molecular complexity index is 521. The highest BCUT2D eigenvalue weighted by atomic mass is 16.7. The second-order valence-electron chi connectivity index (χ2n) is 7.09. The van der Waals surface area contributed by atoms with E-state index in [9.17, 15) is 35.4 Å². The molecule has 10 atom stereocenters. The van der Waals surface area contributed by atoms with Crippen molar-refractivity contribution in [2.24, 2.45) is 0 Å². The van der Waals surface area contributed by atoms with Gasteiger partial charge >= 0.3 is 6.09 Å². The summed E-state index contributed by atoms with van der Waals surface area (Å²) in [5, 5.41) is 59.4. The van der Waals surface area contributed by atoms with Gasteiger partial charge in [-0.1, -0.05) is 0 Å². The van der Waals surface area contributed by atoms with Gasteiger partial charge in [0, 0.05) is 14.1 Å². The number of hydrogen-bond donors (Lipinski definition) is 6. The smallest absolute Gasteiger partial charge is 0.409 e. The van der Waals surface area contributed by atoms with Crippen LogP contribution in [0.4, 0.5) is 4.79 Å². The fourth-order valence-electron chi connectivity index (χ4n) is 3.14. The number of hydrogen-bond acceptors (Lipinski definition) is 11. The van der Waals surface area contributed by atoms with E-state index < -0.39 is 80.5 Å². The summed E-state index contributed by atoms with van der Waals surface area (Å²) >= 11 is 0. The first-order valence-corrected chi connectivity index (χ1v) is 8.90. The van der Waals surface area contributed by atoms with Crippen LogP contribution >= 0.6 is 0 Å². The number of nitrogens with zero attached hydrogens (tertiary/aromatic N) is 1. The molecule has 2 heterocycles. The minimum Gasteiger partial charge on any atom is -0.438 e. The molecule has 0 spiro atoms. The van der Waals surface area contributed by atoms with Gasteiger partial charge in [-0.25, -0.2) is 4.79 Å². The maximum Gasteiger partial charge on any atom is 0.409 e. The molecule has 12 nitrogen and oxygen atoms in total. The molecule has 2 rings (SSSR count). The quantitative estimate of drug-likeness (QED) is 0.263. The van der Waals surface area contributed by atoms with Crippen molar-refractivity contribution in [2.45, 2.75) is 68.1 Å². The van der Waals surface area contributed by atoms with Crippen molar-refractivity contribution in [1.82, 2.24) is 4.90 Å². The molecule has 164 valence electrons. The largest absolute Gasteiger partial charge is 0.438 e. The van der Waals surface area contributed by atoms with E-state index in [0.29, 0.717) is 0 Å². The Balaban J connectivity index is 2.21. The molecule has 0 aromatic rings. The van der Waals surface area contributed by atoms with Crippen LogP contribution in [0.5, 0.6) is 0 Å². The zero-order valence-corrected chi connectivity index (χ0v) is 15.9. The molecule has 0 aliphatic carbocycles. The third-order valence-corrected chi connectivity index (χ3v) is 4.82. The van der Waals surface area contributed by atoms with Crippen LogP contribution in [-0.2, 0) is 18.9 Å². The molecule has 0 radical (unpaired) electrons. The minimum atomic E-state index is -1.65. The molecule has 1 amide bonds. The predicted octanol–water partition coefficient (Wildman–Crippen LogP) is -3.62. The lowest BCUT2D eigenvalue weighted by molar-refractivity contribution is -0.339. The van der Waals surface area contributed by atoms with Gasteiger partial charge in [-0.05, 0) is 6.92 Å². The van der Waals surface area contributed by atoms with Gasteiger partial charge in [0.1, 0.15) is 42.7 Å². The molecule has 0 aromatic heterocycles. The van der Waals surface area contributed by atoms with E-state index in [0.717, 1.165) is 4.90 Å². The first-order chi connectivity index (χ1) is 13.1. The van der Waals surface area contributed by atoms with Gasteiger partial charge < -0.3 is 54.5 Å². The summed E-state index contributed by atoms with van der Waals surface area (Å²) in [6.07, 6.45) is -14.2. The highest BCUT2D eigenvalue weighted by Crippen LogP contribution is 2.30. The lowest BCUT2D eigenvalue weighted by Gasteiger charge is -2.46. The van der Waals surface area contributed by atoms with E-state index in [4.69, 9.17) is 18.9 Å². The summed E-state index contributed by atoms with van der Waals surface area (Å²) in [6.45, 7) is 0.359. The molecule has 2 aliphatic rings. The van der Waals surface area contributed by atoms with Crippen molar-refractivity contribution >= 4 is 6.09 Å². The molecule has 12 heteroatoms. The topological polar surface area (TPSA) is 179 Å². The zero-order chi connectivity index (χ0) is 21.2. The third kappa shape index (κ3) is 4.72. The molecular formula is C16H29NO11. The molecule has 28 heavy (non-hydrogen) atoms. The Hall–Kier alpha value is -1.09. The Morgan fingerprint density at radius 2 is 1.39 bits per heavy atom. The zero-order valence-electron chi connectivity index (χ0n) is 15.9. The molecule has 0 bridgehead atoms. The summed E-state index contributed by atoms with van der Waals surface area (Å²) in [5.74, 6) is 0. The van der Waals surface area contributed by atoms with E-state index in [2.05, 4.69) is 0 Å². The van der Waals surface area contributed by atoms with Crippen molar-refractivity contribution in [2.75, 3.05) is 27.3 Å². The monoisotopic (exact) mass is 411 g/mol. The average molecular weight is 411 g/mol. The summed E-state index contributed by atoms with van der Waals surface area (Å²) in [7, 11) is 2.82.